The van der Waals surface area contributed by atoms with Gasteiger partial charge >= 0.3 is 0 Å². The van der Waals surface area contributed by atoms with E-state index in [4.69, 9.17) is 5.73 Å². The highest BCUT2D eigenvalue weighted by Gasteiger charge is 2.52. The van der Waals surface area contributed by atoms with Crippen molar-refractivity contribution >= 4 is 0 Å². The molecule has 108 valence electrons. The van der Waals surface area contributed by atoms with E-state index >= 15 is 0 Å². The van der Waals surface area contributed by atoms with Crippen molar-refractivity contribution in [2.45, 2.75) is 57.4 Å². The van der Waals surface area contributed by atoms with E-state index in [1.54, 1.807) is 0 Å². The number of aryl methyl sites for hydroxylation is 1. The van der Waals surface area contributed by atoms with Gasteiger partial charge in [-0.05, 0) is 68.6 Å². The molecule has 4 saturated carbocycles. The van der Waals surface area contributed by atoms with Crippen molar-refractivity contribution in [3.63, 3.8) is 0 Å². The second-order valence-electron chi connectivity index (χ2n) is 7.72. The van der Waals surface area contributed by atoms with Gasteiger partial charge in [-0.1, -0.05) is 17.7 Å². The standard InChI is InChI=1S/C18H25NO/c1-11-2-15(10-19)17(20)16(3-11)18-7-12-4-13(8-18)6-14(5-12)9-18/h2-3,12-14,20H,4-10,19H2,1H3. The summed E-state index contributed by atoms with van der Waals surface area (Å²) in [5.41, 5.74) is 9.47. The summed E-state index contributed by atoms with van der Waals surface area (Å²) < 4.78 is 0. The van der Waals surface area contributed by atoms with E-state index in [0.29, 0.717) is 12.3 Å². The first-order valence-electron chi connectivity index (χ1n) is 8.13. The lowest BCUT2D eigenvalue weighted by Crippen LogP contribution is -2.48. The molecule has 0 aromatic heterocycles. The Morgan fingerprint density at radius 1 is 1.10 bits per heavy atom. The number of phenolic OH excluding ortho intramolecular Hbond substituents is 1. The average molecular weight is 271 g/mol. The monoisotopic (exact) mass is 271 g/mol. The lowest BCUT2D eigenvalue weighted by Gasteiger charge is -2.57. The molecule has 4 aliphatic carbocycles. The van der Waals surface area contributed by atoms with Crippen LogP contribution in [0.15, 0.2) is 12.1 Å². The van der Waals surface area contributed by atoms with Crippen molar-refractivity contribution in [2.24, 2.45) is 23.5 Å². The zero-order chi connectivity index (χ0) is 13.9. The third-order valence-electron chi connectivity index (χ3n) is 6.16. The molecule has 2 heteroatoms. The van der Waals surface area contributed by atoms with Crippen LogP contribution in [0, 0.1) is 24.7 Å². The molecule has 0 saturated heterocycles. The van der Waals surface area contributed by atoms with E-state index in [9.17, 15) is 5.11 Å². The van der Waals surface area contributed by atoms with E-state index < -0.39 is 0 Å². The Labute approximate surface area is 121 Å². The van der Waals surface area contributed by atoms with E-state index in [1.165, 1.54) is 49.7 Å². The predicted octanol–water partition coefficient (Wildman–Crippen LogP) is 3.63. The molecule has 4 aliphatic rings. The van der Waals surface area contributed by atoms with Crippen LogP contribution in [-0.2, 0) is 12.0 Å². The Morgan fingerprint density at radius 2 is 1.65 bits per heavy atom. The molecular weight excluding hydrogens is 246 g/mol. The van der Waals surface area contributed by atoms with Gasteiger partial charge in [0, 0.05) is 17.7 Å². The Balaban J connectivity index is 1.82. The first-order chi connectivity index (χ1) is 9.59. The molecule has 1 aromatic carbocycles. The van der Waals surface area contributed by atoms with E-state index in [2.05, 4.69) is 13.0 Å². The summed E-state index contributed by atoms with van der Waals surface area (Å²) in [6.07, 6.45) is 8.20. The van der Waals surface area contributed by atoms with Crippen molar-refractivity contribution in [1.82, 2.24) is 0 Å². The van der Waals surface area contributed by atoms with Gasteiger partial charge in [-0.25, -0.2) is 0 Å². The van der Waals surface area contributed by atoms with Gasteiger partial charge in [-0.2, -0.15) is 0 Å². The Kier molecular flexibility index (Phi) is 2.69. The molecule has 1 aromatic rings. The first-order valence-corrected chi connectivity index (χ1v) is 8.13. The largest absolute Gasteiger partial charge is 0.507 e. The van der Waals surface area contributed by atoms with E-state index in [0.717, 1.165) is 23.3 Å². The summed E-state index contributed by atoms with van der Waals surface area (Å²) in [5.74, 6) is 3.22. The first kappa shape index (κ1) is 12.7. The van der Waals surface area contributed by atoms with Gasteiger partial charge < -0.3 is 10.8 Å². The number of hydrogen-bond donors (Lipinski definition) is 2. The molecule has 0 atom stereocenters. The van der Waals surface area contributed by atoms with Crippen LogP contribution in [0.4, 0.5) is 0 Å². The third kappa shape index (κ3) is 1.74. The Morgan fingerprint density at radius 3 is 2.15 bits per heavy atom. The molecule has 0 heterocycles. The highest BCUT2D eigenvalue weighted by Crippen LogP contribution is 2.62. The molecule has 2 nitrogen and oxygen atoms in total. The number of phenols is 1. The van der Waals surface area contributed by atoms with Crippen LogP contribution in [0.25, 0.3) is 0 Å². The van der Waals surface area contributed by atoms with Crippen molar-refractivity contribution < 1.29 is 5.11 Å². The van der Waals surface area contributed by atoms with Gasteiger partial charge in [-0.15, -0.1) is 0 Å². The van der Waals surface area contributed by atoms with Crippen LogP contribution < -0.4 is 5.73 Å². The fourth-order valence-electron chi connectivity index (χ4n) is 5.85. The maximum atomic E-state index is 10.7. The third-order valence-corrected chi connectivity index (χ3v) is 6.16. The SMILES string of the molecule is Cc1cc(CN)c(O)c(C23CC4CC(CC(C4)C2)C3)c1. The molecule has 0 aliphatic heterocycles. The van der Waals surface area contributed by atoms with Gasteiger partial charge in [0.2, 0.25) is 0 Å². The summed E-state index contributed by atoms with van der Waals surface area (Å²) in [6, 6.07) is 4.28. The fraction of sp³-hybridized carbons (Fsp3) is 0.667. The second-order valence-corrected chi connectivity index (χ2v) is 7.72. The van der Waals surface area contributed by atoms with E-state index in [-0.39, 0.29) is 5.41 Å². The summed E-state index contributed by atoms with van der Waals surface area (Å²) in [5, 5.41) is 10.7. The molecule has 0 radical (unpaired) electrons. The summed E-state index contributed by atoms with van der Waals surface area (Å²) in [4.78, 5) is 0. The van der Waals surface area contributed by atoms with Crippen molar-refractivity contribution in [1.29, 1.82) is 0 Å². The van der Waals surface area contributed by atoms with Gasteiger partial charge in [0.1, 0.15) is 5.75 Å². The lowest BCUT2D eigenvalue weighted by atomic mass is 9.48. The van der Waals surface area contributed by atoms with Crippen LogP contribution in [0.5, 0.6) is 5.75 Å². The van der Waals surface area contributed by atoms with E-state index in [1.807, 2.05) is 6.07 Å². The van der Waals surface area contributed by atoms with Gasteiger partial charge in [0.15, 0.2) is 0 Å². The molecule has 3 N–H and O–H groups in total. The number of aromatic hydroxyl groups is 1. The van der Waals surface area contributed by atoms with Gasteiger partial charge in [0.25, 0.3) is 0 Å². The molecule has 4 bridgehead atoms. The summed E-state index contributed by atoms with van der Waals surface area (Å²) in [7, 11) is 0. The summed E-state index contributed by atoms with van der Waals surface area (Å²) in [6.45, 7) is 2.56. The Hall–Kier alpha value is -1.02. The quantitative estimate of drug-likeness (QED) is 0.863. The topological polar surface area (TPSA) is 46.2 Å². The zero-order valence-corrected chi connectivity index (χ0v) is 12.4. The number of nitrogens with two attached hydrogens (primary N) is 1. The number of rotatable bonds is 2. The molecule has 5 rings (SSSR count). The minimum atomic E-state index is 0.259. The Bertz CT molecular complexity index is 513. The van der Waals surface area contributed by atoms with Crippen molar-refractivity contribution in [3.05, 3.63) is 28.8 Å². The van der Waals surface area contributed by atoms with Gasteiger partial charge in [0.05, 0.1) is 0 Å². The molecule has 0 spiro atoms. The minimum Gasteiger partial charge on any atom is -0.507 e. The molecular formula is C18H25NO. The van der Waals surface area contributed by atoms with Crippen LogP contribution >= 0.6 is 0 Å². The normalized spacial score (nSPS) is 38.4. The van der Waals surface area contributed by atoms with Crippen molar-refractivity contribution in [3.8, 4) is 5.75 Å². The number of benzene rings is 1. The van der Waals surface area contributed by atoms with Crippen LogP contribution in [-0.4, -0.2) is 5.11 Å². The maximum absolute atomic E-state index is 10.7. The van der Waals surface area contributed by atoms with Crippen molar-refractivity contribution in [2.75, 3.05) is 0 Å². The fourth-order valence-corrected chi connectivity index (χ4v) is 5.85. The molecule has 4 fully saturated rings. The number of hydrogen-bond acceptors (Lipinski definition) is 2. The second kappa shape index (κ2) is 4.24. The van der Waals surface area contributed by atoms with Crippen LogP contribution in [0.1, 0.15) is 55.2 Å². The summed E-state index contributed by atoms with van der Waals surface area (Å²) >= 11 is 0. The maximum Gasteiger partial charge on any atom is 0.123 e. The lowest BCUT2D eigenvalue weighted by molar-refractivity contribution is -0.00620. The highest BCUT2D eigenvalue weighted by molar-refractivity contribution is 5.48. The van der Waals surface area contributed by atoms with Crippen LogP contribution in [0.2, 0.25) is 0 Å². The van der Waals surface area contributed by atoms with Crippen LogP contribution in [0.3, 0.4) is 0 Å². The molecule has 0 amide bonds. The smallest absolute Gasteiger partial charge is 0.123 e. The highest BCUT2D eigenvalue weighted by atomic mass is 16.3. The van der Waals surface area contributed by atoms with Gasteiger partial charge in [-0.3, -0.25) is 0 Å². The minimum absolute atomic E-state index is 0.259. The molecule has 20 heavy (non-hydrogen) atoms. The molecule has 0 unspecified atom stereocenters. The average Bonchev–Trinajstić information content (AvgIpc) is 2.39. The predicted molar refractivity (Wildman–Crippen MR) is 80.6 cm³/mol. The zero-order valence-electron chi connectivity index (χ0n) is 12.4.